The highest BCUT2D eigenvalue weighted by Crippen LogP contribution is 2.20. The molecule has 0 saturated carbocycles. The Hall–Kier alpha value is -7.31. The first-order valence-electron chi connectivity index (χ1n) is 25.9. The molecule has 1 heterocycles. The van der Waals surface area contributed by atoms with Gasteiger partial charge in [0.05, 0.1) is 6.04 Å². The van der Waals surface area contributed by atoms with Crippen LogP contribution in [0.1, 0.15) is 69.4 Å². The number of aliphatic carboxylic acids is 1. The van der Waals surface area contributed by atoms with Gasteiger partial charge in [-0.3, -0.25) is 49.8 Å². The molecule has 440 valence electrons. The zero-order valence-corrected chi connectivity index (χ0v) is 47.7. The molecule has 1 aromatic heterocycles. The molecular weight excluding hydrogens is 1140 g/mol. The number of benzene rings is 2. The fourth-order valence-electron chi connectivity index (χ4n) is 8.02. The van der Waals surface area contributed by atoms with Crippen LogP contribution in [0.2, 0.25) is 0 Å². The van der Waals surface area contributed by atoms with E-state index >= 15 is 0 Å². The summed E-state index contributed by atoms with van der Waals surface area (Å²) in [6.45, 7) is 2.29. The third-order valence-corrected chi connectivity index (χ3v) is 13.8. The number of rotatable bonds is 36. The van der Waals surface area contributed by atoms with Gasteiger partial charge >= 0.3 is 5.97 Å². The van der Waals surface area contributed by atoms with E-state index in [9.17, 15) is 43.5 Å². The summed E-state index contributed by atoms with van der Waals surface area (Å²) >= 11 is 11.9. The Balaban J connectivity index is 1.98. The van der Waals surface area contributed by atoms with E-state index in [0.29, 0.717) is 36.9 Å². The zero-order valence-electron chi connectivity index (χ0n) is 44.4. The lowest BCUT2D eigenvalue weighted by molar-refractivity contribution is -0.141. The molecule has 0 spiro atoms. The molecule has 0 fully saturated rings. The number of H-pyrrole nitrogens is 1. The number of thiol groups is 2. The summed E-state index contributed by atoms with van der Waals surface area (Å²) in [5, 5.41) is 59.5. The van der Waals surface area contributed by atoms with Gasteiger partial charge in [0.15, 0.2) is 17.9 Å². The van der Waals surface area contributed by atoms with Crippen molar-refractivity contribution < 1.29 is 43.5 Å². The lowest BCUT2D eigenvalue weighted by Crippen LogP contribution is -2.61. The van der Waals surface area contributed by atoms with Crippen LogP contribution < -0.4 is 76.1 Å². The van der Waals surface area contributed by atoms with Crippen molar-refractivity contribution in [1.29, 1.82) is 16.2 Å². The van der Waals surface area contributed by atoms with Crippen LogP contribution in [0.3, 0.4) is 0 Å². The molecule has 1 unspecified atom stereocenters. The van der Waals surface area contributed by atoms with Crippen molar-refractivity contribution in [1.82, 2.24) is 58.2 Å². The highest BCUT2D eigenvalue weighted by atomic mass is 79.9. The molecule has 30 heteroatoms. The van der Waals surface area contributed by atoms with Crippen LogP contribution in [0.5, 0.6) is 0 Å². The number of hydrogen-bond acceptors (Lipinski definition) is 14. The second-order valence-corrected chi connectivity index (χ2v) is 20.8. The second kappa shape index (κ2) is 35.3. The van der Waals surface area contributed by atoms with Crippen molar-refractivity contribution in [3.05, 3.63) is 71.9 Å². The van der Waals surface area contributed by atoms with Crippen LogP contribution in [0.15, 0.2) is 60.8 Å². The molecule has 0 saturated heterocycles. The van der Waals surface area contributed by atoms with Gasteiger partial charge in [0.25, 0.3) is 0 Å². The number of para-hydroxylation sites is 1. The monoisotopic (exact) mass is 1220 g/mol. The van der Waals surface area contributed by atoms with Crippen molar-refractivity contribution in [3.8, 4) is 0 Å². The number of halogens is 1. The summed E-state index contributed by atoms with van der Waals surface area (Å²) in [4.78, 5) is 113. The number of carboxylic acid groups (broad SMARTS) is 1. The van der Waals surface area contributed by atoms with Crippen molar-refractivity contribution in [2.75, 3.05) is 31.1 Å². The van der Waals surface area contributed by atoms with Crippen LogP contribution in [-0.4, -0.2) is 160 Å². The molecule has 9 atom stereocenters. The predicted octanol–water partition coefficient (Wildman–Crippen LogP) is -2.03. The molecule has 0 radical (unpaired) electrons. The fourth-order valence-corrected chi connectivity index (χ4v) is 9.06. The van der Waals surface area contributed by atoms with Crippen LogP contribution >= 0.6 is 41.2 Å². The molecular formula is C50H77BrN18O9S2. The summed E-state index contributed by atoms with van der Waals surface area (Å²) in [5.41, 5.74) is 24.4. The van der Waals surface area contributed by atoms with Crippen molar-refractivity contribution >= 4 is 117 Å². The molecule has 3 aromatic rings. The molecule has 3 rings (SSSR count). The summed E-state index contributed by atoms with van der Waals surface area (Å²) in [6, 6.07) is 5.16. The van der Waals surface area contributed by atoms with Gasteiger partial charge in [0, 0.05) is 65.9 Å². The SMILES string of the molecule is CCCC[C@H](NC(=O)[C@@H](N)CCCNC(=N)N)C(=O)N[C@@H](CS)C(=O)N[C@@H](CCCNC(=N)N)C(=O)N[C@H](Cc1ccccc1)C(=O)N[C@@H](CC(Br)CNC(=N)N)C(=O)N[C@H](Cc1c[nH]c2ccccc12)C(=O)N[C@@H](CS)C(=O)O. The fraction of sp³-hybridized carbons (Fsp3) is 0.500. The van der Waals surface area contributed by atoms with Gasteiger partial charge in [0.1, 0.15) is 42.3 Å². The maximum atomic E-state index is 14.7. The quantitative estimate of drug-likeness (QED) is 0.00982. The normalized spacial score (nSPS) is 14.4. The van der Waals surface area contributed by atoms with E-state index in [-0.39, 0.29) is 87.4 Å². The van der Waals surface area contributed by atoms with Crippen molar-refractivity contribution in [2.45, 2.75) is 124 Å². The summed E-state index contributed by atoms with van der Waals surface area (Å²) in [5.74, 6) is -8.52. The molecule has 0 aliphatic heterocycles. The number of nitrogens with two attached hydrogens (primary N) is 4. The molecule has 80 heavy (non-hydrogen) atoms. The maximum absolute atomic E-state index is 14.7. The van der Waals surface area contributed by atoms with E-state index in [2.05, 4.69) is 99.3 Å². The van der Waals surface area contributed by atoms with Crippen molar-refractivity contribution in [2.24, 2.45) is 22.9 Å². The Morgan fingerprint density at radius 3 is 1.59 bits per heavy atom. The molecule has 27 nitrogen and oxygen atoms in total. The Kier molecular flexibility index (Phi) is 29.6. The third kappa shape index (κ3) is 24.0. The summed E-state index contributed by atoms with van der Waals surface area (Å²) in [6.07, 6.45) is 3.26. The number of alkyl halides is 1. The Morgan fingerprint density at radius 1 is 0.575 bits per heavy atom. The van der Waals surface area contributed by atoms with E-state index in [1.165, 1.54) is 0 Å². The van der Waals surface area contributed by atoms with Crippen LogP contribution in [0.4, 0.5) is 0 Å². The van der Waals surface area contributed by atoms with Gasteiger partial charge in [-0.25, -0.2) is 4.79 Å². The van der Waals surface area contributed by atoms with E-state index < -0.39 is 100 Å². The molecule has 2 aromatic carbocycles. The summed E-state index contributed by atoms with van der Waals surface area (Å²) < 4.78 is 0. The number of aromatic nitrogens is 1. The first-order valence-corrected chi connectivity index (χ1v) is 28.0. The van der Waals surface area contributed by atoms with Crippen LogP contribution in [-0.2, 0) is 51.2 Å². The van der Waals surface area contributed by atoms with Gasteiger partial charge in [-0.1, -0.05) is 84.2 Å². The molecule has 0 aliphatic carbocycles. The Labute approximate surface area is 483 Å². The number of carboxylic acids is 1. The summed E-state index contributed by atoms with van der Waals surface area (Å²) in [7, 11) is 0. The number of amides is 7. The molecule has 23 N–H and O–H groups in total. The van der Waals surface area contributed by atoms with Gasteiger partial charge in [-0.15, -0.1) is 0 Å². The largest absolute Gasteiger partial charge is 0.480 e. The topological polar surface area (TPSA) is 469 Å². The minimum Gasteiger partial charge on any atom is -0.480 e. The third-order valence-electron chi connectivity index (χ3n) is 12.3. The Morgan fingerprint density at radius 2 is 1.02 bits per heavy atom. The first-order chi connectivity index (χ1) is 38.1. The Bertz CT molecular complexity index is 2580. The van der Waals surface area contributed by atoms with E-state index in [4.69, 9.17) is 39.2 Å². The predicted molar refractivity (Wildman–Crippen MR) is 314 cm³/mol. The minimum atomic E-state index is -1.47. The number of fused-ring (bicyclic) bond motifs is 1. The van der Waals surface area contributed by atoms with Crippen LogP contribution in [0.25, 0.3) is 10.9 Å². The molecule has 0 bridgehead atoms. The standard InChI is InChI=1S/C50H77BrN18O9S2/c1-2-3-15-33(63-40(70)31(52)14-9-18-59-48(53)54)42(72)68-38(25-79)46(76)64-34(17-10-19-60-49(55)56)41(71)65-35(20-27-11-5-4-6-12-27)43(73)67-37(22-29(51)24-62-50(57)58)45(75)66-36(44(74)69-39(26-80)47(77)78)21-28-23-61-32-16-8-7-13-30(28)32/h4-8,11-13,16,23,29,31,33-39,61,79-80H,2-3,9-10,14-15,17-22,24-26,52H2,1H3,(H,63,70)(H,64,76)(H,65,71)(H,66,75)(H,67,73)(H,68,72)(H,69,74)(H,77,78)(H4,53,54,59)(H4,55,56,60)(H4,57,58,62)/t29?,31-,33-,34-,35+,36+,37-,38-,39-/m0/s1. The zero-order chi connectivity index (χ0) is 59.3. The number of nitrogens with one attached hydrogen (secondary N) is 14. The van der Waals surface area contributed by atoms with Gasteiger partial charge in [-0.05, 0) is 55.7 Å². The van der Waals surface area contributed by atoms with Gasteiger partial charge in [-0.2, -0.15) is 25.3 Å². The van der Waals surface area contributed by atoms with E-state index in [1.807, 2.05) is 13.0 Å². The minimum absolute atomic E-state index is 0.00141. The average Bonchev–Trinajstić information content (AvgIpc) is 3.83. The maximum Gasteiger partial charge on any atom is 0.327 e. The molecule has 0 aliphatic rings. The van der Waals surface area contributed by atoms with Gasteiger partial charge < -0.3 is 86.2 Å². The number of unbranched alkanes of at least 4 members (excludes halogenated alkanes) is 1. The van der Waals surface area contributed by atoms with Crippen molar-refractivity contribution in [3.63, 3.8) is 0 Å². The number of hydrogen-bond donors (Lipinski definition) is 21. The highest BCUT2D eigenvalue weighted by Gasteiger charge is 2.35. The van der Waals surface area contributed by atoms with E-state index in [0.717, 1.165) is 10.9 Å². The number of guanidine groups is 3. The lowest BCUT2D eigenvalue weighted by atomic mass is 10.0. The van der Waals surface area contributed by atoms with Gasteiger partial charge in [0.2, 0.25) is 41.4 Å². The smallest absolute Gasteiger partial charge is 0.327 e. The lowest BCUT2D eigenvalue weighted by Gasteiger charge is -2.28. The average molecular weight is 1220 g/mol. The number of aromatic amines is 1. The highest BCUT2D eigenvalue weighted by molar-refractivity contribution is 9.09. The number of carbonyl (C=O) groups excluding carboxylic acids is 7. The van der Waals surface area contributed by atoms with Crippen LogP contribution in [0, 0.1) is 16.2 Å². The molecule has 7 amide bonds. The second-order valence-electron chi connectivity index (χ2n) is 18.7. The number of carbonyl (C=O) groups is 8. The van der Waals surface area contributed by atoms with E-state index in [1.54, 1.807) is 54.7 Å². The first kappa shape index (κ1) is 67.0.